The molecule has 1 fully saturated rings. The van der Waals surface area contributed by atoms with E-state index in [2.05, 4.69) is 52.2 Å². The number of fused-ring (bicyclic) bond motifs is 1. The lowest BCUT2D eigenvalue weighted by Gasteiger charge is -2.39. The minimum atomic E-state index is -1.95. The average Bonchev–Trinajstić information content (AvgIpc) is 3.18. The number of benzene rings is 1. The molecule has 0 radical (unpaired) electrons. The number of nitrogens with zero attached hydrogens (tertiary/aromatic N) is 5. The van der Waals surface area contributed by atoms with Crippen LogP contribution in [-0.4, -0.2) is 42.8 Å². The fraction of sp³-hybridized carbons (Fsp3) is 0.476. The second-order valence-electron chi connectivity index (χ2n) is 8.96. The number of guanidine groups is 1. The molecule has 2 aliphatic rings. The molecule has 29 heavy (non-hydrogen) atoms. The van der Waals surface area contributed by atoms with E-state index in [1.165, 1.54) is 0 Å². The van der Waals surface area contributed by atoms with Crippen LogP contribution >= 0.6 is 11.6 Å². The third kappa shape index (κ3) is 3.78. The van der Waals surface area contributed by atoms with Crippen LogP contribution in [0, 0.1) is 29.7 Å². The Morgan fingerprint density at radius 1 is 1.28 bits per heavy atom. The van der Waals surface area contributed by atoms with E-state index in [0.29, 0.717) is 28.8 Å². The molecular formula is C21H26ClN5OSi. The van der Waals surface area contributed by atoms with Crippen LogP contribution in [-0.2, 0) is 4.43 Å². The van der Waals surface area contributed by atoms with Gasteiger partial charge < -0.3 is 9.33 Å². The molecule has 3 rings (SSSR count). The molecule has 0 unspecified atom stereocenters. The SMILES string of the molecule is Cc1c(N=C2N(C#N)C[C@@H]3[C@H](O[Si](C)(C)C(C)(C)C)C=CN23)ccc(C#N)c1Cl. The summed E-state index contributed by atoms with van der Waals surface area (Å²) >= 11 is 6.29. The second-order valence-corrected chi connectivity index (χ2v) is 14.1. The highest BCUT2D eigenvalue weighted by atomic mass is 35.5. The summed E-state index contributed by atoms with van der Waals surface area (Å²) in [7, 11) is -1.95. The number of nitriles is 2. The molecule has 1 saturated heterocycles. The molecule has 2 aliphatic heterocycles. The first-order valence-corrected chi connectivity index (χ1v) is 12.9. The smallest absolute Gasteiger partial charge is 0.219 e. The van der Waals surface area contributed by atoms with Crippen LogP contribution in [0.5, 0.6) is 0 Å². The van der Waals surface area contributed by atoms with Crippen LogP contribution in [0.4, 0.5) is 5.69 Å². The molecule has 2 atom stereocenters. The minimum Gasteiger partial charge on any atom is -0.408 e. The highest BCUT2D eigenvalue weighted by molar-refractivity contribution is 6.74. The monoisotopic (exact) mass is 427 g/mol. The first kappa shape index (κ1) is 21.4. The molecule has 0 bridgehead atoms. The number of aliphatic imine (C=N–C) groups is 1. The van der Waals surface area contributed by atoms with Gasteiger partial charge in [-0.15, -0.1) is 0 Å². The van der Waals surface area contributed by atoms with Crippen LogP contribution in [0.3, 0.4) is 0 Å². The normalized spacial score (nSPS) is 22.7. The van der Waals surface area contributed by atoms with Gasteiger partial charge in [-0.05, 0) is 48.8 Å². The summed E-state index contributed by atoms with van der Waals surface area (Å²) in [4.78, 5) is 8.32. The van der Waals surface area contributed by atoms with Crippen LogP contribution in [0.25, 0.3) is 0 Å². The van der Waals surface area contributed by atoms with Crippen molar-refractivity contribution < 1.29 is 4.43 Å². The van der Waals surface area contributed by atoms with Gasteiger partial charge in [0.2, 0.25) is 5.96 Å². The van der Waals surface area contributed by atoms with Gasteiger partial charge in [0.1, 0.15) is 6.07 Å². The highest BCUT2D eigenvalue weighted by Crippen LogP contribution is 2.40. The lowest BCUT2D eigenvalue weighted by Crippen LogP contribution is -2.47. The Bertz CT molecular complexity index is 967. The van der Waals surface area contributed by atoms with E-state index >= 15 is 0 Å². The van der Waals surface area contributed by atoms with Gasteiger partial charge in [-0.25, -0.2) is 9.89 Å². The molecule has 0 N–H and O–H groups in total. The molecule has 0 aromatic heterocycles. The molecule has 1 aromatic rings. The Hall–Kier alpha value is -2.32. The lowest BCUT2D eigenvalue weighted by atomic mass is 10.1. The van der Waals surface area contributed by atoms with Gasteiger partial charge in [0, 0.05) is 6.20 Å². The maximum atomic E-state index is 9.67. The van der Waals surface area contributed by atoms with Crippen LogP contribution in [0.15, 0.2) is 29.4 Å². The third-order valence-corrected chi connectivity index (χ3v) is 11.0. The quantitative estimate of drug-likeness (QED) is 0.506. The van der Waals surface area contributed by atoms with Gasteiger partial charge >= 0.3 is 0 Å². The second kappa shape index (κ2) is 7.49. The Labute approximate surface area is 178 Å². The largest absolute Gasteiger partial charge is 0.408 e. The fourth-order valence-electron chi connectivity index (χ4n) is 3.22. The maximum Gasteiger partial charge on any atom is 0.219 e. The summed E-state index contributed by atoms with van der Waals surface area (Å²) < 4.78 is 6.60. The zero-order valence-electron chi connectivity index (χ0n) is 17.7. The number of hydrogen-bond donors (Lipinski definition) is 0. The first-order chi connectivity index (χ1) is 13.5. The zero-order chi connectivity index (χ0) is 21.6. The molecule has 1 aromatic carbocycles. The van der Waals surface area contributed by atoms with Gasteiger partial charge in [0.25, 0.3) is 0 Å². The van der Waals surface area contributed by atoms with Crippen molar-refractivity contribution in [2.75, 3.05) is 6.54 Å². The van der Waals surface area contributed by atoms with Gasteiger partial charge in [-0.3, -0.25) is 0 Å². The molecule has 0 aliphatic carbocycles. The Morgan fingerprint density at radius 3 is 2.55 bits per heavy atom. The van der Waals surface area contributed by atoms with E-state index in [4.69, 9.17) is 26.3 Å². The number of rotatable bonds is 3. The first-order valence-electron chi connectivity index (χ1n) is 9.60. The van der Waals surface area contributed by atoms with Crippen molar-refractivity contribution in [3.8, 4) is 12.3 Å². The average molecular weight is 428 g/mol. The fourth-order valence-corrected chi connectivity index (χ4v) is 4.69. The van der Waals surface area contributed by atoms with E-state index < -0.39 is 8.32 Å². The van der Waals surface area contributed by atoms with Gasteiger partial charge in [0.05, 0.1) is 35.0 Å². The van der Waals surface area contributed by atoms with Crippen molar-refractivity contribution in [3.05, 3.63) is 40.6 Å². The maximum absolute atomic E-state index is 9.67. The standard InChI is InChI=1S/C21H26ClN5OSi/c1-14-16(8-7-15(11-23)19(14)22)25-20-26(13-24)12-17-18(9-10-27(17)20)28-29(5,6)21(2,3)4/h7-10,17-18H,12H2,1-6H3/t17-,18-/m1/s1. The summed E-state index contributed by atoms with van der Waals surface area (Å²) in [6.07, 6.45) is 6.17. The van der Waals surface area contributed by atoms with E-state index in [1.54, 1.807) is 17.0 Å². The van der Waals surface area contributed by atoms with Crippen molar-refractivity contribution in [2.45, 2.75) is 58.0 Å². The summed E-state index contributed by atoms with van der Waals surface area (Å²) in [5.41, 5.74) is 1.78. The number of halogens is 1. The van der Waals surface area contributed by atoms with Crippen LogP contribution < -0.4 is 0 Å². The van der Waals surface area contributed by atoms with Crippen molar-refractivity contribution in [2.24, 2.45) is 4.99 Å². The number of hydrogen-bond acceptors (Lipinski definition) is 4. The van der Waals surface area contributed by atoms with Gasteiger partial charge in [-0.1, -0.05) is 32.4 Å². The van der Waals surface area contributed by atoms with Crippen molar-refractivity contribution in [3.63, 3.8) is 0 Å². The predicted octanol–water partition coefficient (Wildman–Crippen LogP) is 4.89. The van der Waals surface area contributed by atoms with Crippen molar-refractivity contribution in [1.82, 2.24) is 9.80 Å². The van der Waals surface area contributed by atoms with Gasteiger partial charge in [-0.2, -0.15) is 10.5 Å². The molecule has 0 spiro atoms. The van der Waals surface area contributed by atoms with E-state index in [0.717, 1.165) is 5.56 Å². The molecule has 2 heterocycles. The Morgan fingerprint density at radius 2 is 1.97 bits per heavy atom. The predicted molar refractivity (Wildman–Crippen MR) is 117 cm³/mol. The molecule has 152 valence electrons. The summed E-state index contributed by atoms with van der Waals surface area (Å²) in [6.45, 7) is 13.5. The summed E-state index contributed by atoms with van der Waals surface area (Å²) in [6, 6.07) is 5.50. The molecule has 0 saturated carbocycles. The van der Waals surface area contributed by atoms with E-state index in [1.807, 2.05) is 18.0 Å². The zero-order valence-corrected chi connectivity index (χ0v) is 19.4. The highest BCUT2D eigenvalue weighted by Gasteiger charge is 2.47. The summed E-state index contributed by atoms with van der Waals surface area (Å²) in [5, 5.41) is 19.3. The Balaban J connectivity index is 1.92. The third-order valence-electron chi connectivity index (χ3n) is 6.07. The summed E-state index contributed by atoms with van der Waals surface area (Å²) in [5.74, 6) is 0.555. The molecule has 0 amide bonds. The van der Waals surface area contributed by atoms with Crippen LogP contribution in [0.1, 0.15) is 31.9 Å². The molecular weight excluding hydrogens is 402 g/mol. The topological polar surface area (TPSA) is 75.7 Å². The lowest BCUT2D eigenvalue weighted by molar-refractivity contribution is 0.175. The molecule has 6 nitrogen and oxygen atoms in total. The van der Waals surface area contributed by atoms with Crippen molar-refractivity contribution in [1.29, 1.82) is 10.5 Å². The molecule has 8 heteroatoms. The van der Waals surface area contributed by atoms with E-state index in [-0.39, 0.29) is 17.2 Å². The van der Waals surface area contributed by atoms with E-state index in [9.17, 15) is 5.26 Å². The van der Waals surface area contributed by atoms with Crippen LogP contribution in [0.2, 0.25) is 23.2 Å². The Kier molecular flexibility index (Phi) is 5.53. The van der Waals surface area contributed by atoms with Crippen molar-refractivity contribution >= 4 is 31.6 Å². The van der Waals surface area contributed by atoms with Gasteiger partial charge in [0.15, 0.2) is 14.5 Å². The minimum absolute atomic E-state index is 0.0108.